The molecule has 1 aliphatic heterocycles. The van der Waals surface area contributed by atoms with E-state index < -0.39 is 10.0 Å². The Kier molecular flexibility index (Phi) is 5.48. The molecule has 1 aromatic rings. The van der Waals surface area contributed by atoms with Gasteiger partial charge in [-0.1, -0.05) is 17.7 Å². The van der Waals surface area contributed by atoms with Crippen LogP contribution in [0, 0.1) is 5.92 Å². The van der Waals surface area contributed by atoms with Gasteiger partial charge in [0.15, 0.2) is 0 Å². The third-order valence-electron chi connectivity index (χ3n) is 3.95. The summed E-state index contributed by atoms with van der Waals surface area (Å²) in [6, 6.07) is 4.70. The van der Waals surface area contributed by atoms with Crippen molar-refractivity contribution in [2.24, 2.45) is 5.92 Å². The number of halogens is 1. The van der Waals surface area contributed by atoms with Crippen LogP contribution in [0.15, 0.2) is 23.1 Å². The molecule has 1 heterocycles. The topological polar surface area (TPSA) is 75.4 Å². The van der Waals surface area contributed by atoms with Gasteiger partial charge in [0.1, 0.15) is 4.90 Å². The summed E-state index contributed by atoms with van der Waals surface area (Å²) in [4.78, 5) is 2.28. The summed E-state index contributed by atoms with van der Waals surface area (Å²) >= 11 is 5.95. The highest BCUT2D eigenvalue weighted by Gasteiger charge is 2.22. The summed E-state index contributed by atoms with van der Waals surface area (Å²) in [5, 5.41) is 0.154. The van der Waals surface area contributed by atoms with Crippen LogP contribution in [0.3, 0.4) is 0 Å². The fourth-order valence-electron chi connectivity index (χ4n) is 2.63. The smallest absolute Gasteiger partial charge is 0.244 e. The van der Waals surface area contributed by atoms with Gasteiger partial charge < -0.3 is 10.6 Å². The summed E-state index contributed by atoms with van der Waals surface area (Å²) in [7, 11) is -1.54. The first kappa shape index (κ1) is 16.5. The van der Waals surface area contributed by atoms with Crippen molar-refractivity contribution >= 4 is 27.3 Å². The van der Waals surface area contributed by atoms with Crippen molar-refractivity contribution in [2.75, 3.05) is 32.4 Å². The van der Waals surface area contributed by atoms with Crippen LogP contribution in [0.4, 0.5) is 5.69 Å². The van der Waals surface area contributed by atoms with Crippen molar-refractivity contribution in [1.82, 2.24) is 9.62 Å². The molecule has 0 bridgehead atoms. The average Bonchev–Trinajstić information content (AvgIpc) is 2.40. The van der Waals surface area contributed by atoms with E-state index in [0.717, 1.165) is 32.4 Å². The maximum atomic E-state index is 12.3. The number of nitrogen functional groups attached to an aromatic ring is 1. The largest absolute Gasteiger partial charge is 0.398 e. The lowest BCUT2D eigenvalue weighted by atomic mass is 9.94. The minimum absolute atomic E-state index is 0.0185. The van der Waals surface area contributed by atoms with Crippen LogP contribution in [-0.2, 0) is 10.0 Å². The lowest BCUT2D eigenvalue weighted by molar-refractivity contribution is 0.213. The zero-order valence-electron chi connectivity index (χ0n) is 12.2. The molecular weight excluding hydrogens is 310 g/mol. The van der Waals surface area contributed by atoms with E-state index in [1.807, 2.05) is 0 Å². The molecule has 7 heteroatoms. The first-order valence-corrected chi connectivity index (χ1v) is 8.98. The number of sulfonamides is 1. The van der Waals surface area contributed by atoms with E-state index in [1.165, 1.54) is 12.1 Å². The molecule has 0 spiro atoms. The minimum Gasteiger partial charge on any atom is -0.398 e. The molecule has 0 amide bonds. The lowest BCUT2D eigenvalue weighted by Gasteiger charge is -2.28. The Morgan fingerprint density at radius 3 is 2.67 bits per heavy atom. The van der Waals surface area contributed by atoms with Crippen molar-refractivity contribution in [3.05, 3.63) is 23.2 Å². The van der Waals surface area contributed by atoms with Gasteiger partial charge in [0, 0.05) is 6.54 Å². The number of benzene rings is 1. The van der Waals surface area contributed by atoms with Crippen molar-refractivity contribution in [2.45, 2.75) is 24.2 Å². The standard InChI is InChI=1S/C14H22ClN3O2S/c1-18-9-6-11(7-10-18)5-8-17-21(19,20)14-12(15)3-2-4-13(14)16/h2-4,11,17H,5-10,16H2,1H3. The molecule has 1 saturated heterocycles. The summed E-state index contributed by atoms with van der Waals surface area (Å²) in [5.74, 6) is 0.576. The quantitative estimate of drug-likeness (QED) is 0.808. The Morgan fingerprint density at radius 1 is 1.38 bits per heavy atom. The molecule has 1 aromatic carbocycles. The van der Waals surface area contributed by atoms with E-state index in [-0.39, 0.29) is 15.6 Å². The van der Waals surface area contributed by atoms with Gasteiger partial charge in [-0.2, -0.15) is 0 Å². The van der Waals surface area contributed by atoms with Gasteiger partial charge in [-0.3, -0.25) is 0 Å². The highest BCUT2D eigenvalue weighted by atomic mass is 35.5. The van der Waals surface area contributed by atoms with E-state index in [0.29, 0.717) is 12.5 Å². The third-order valence-corrected chi connectivity index (χ3v) is 5.95. The third kappa shape index (κ3) is 4.32. The van der Waals surface area contributed by atoms with E-state index in [2.05, 4.69) is 16.7 Å². The molecule has 0 aromatic heterocycles. The molecule has 1 fully saturated rings. The van der Waals surface area contributed by atoms with Crippen molar-refractivity contribution in [1.29, 1.82) is 0 Å². The van der Waals surface area contributed by atoms with Crippen LogP contribution < -0.4 is 10.5 Å². The van der Waals surface area contributed by atoms with Crippen LogP contribution >= 0.6 is 11.6 Å². The predicted octanol–water partition coefficient (Wildman–Crippen LogP) is 1.93. The average molecular weight is 332 g/mol. The molecule has 118 valence electrons. The van der Waals surface area contributed by atoms with Crippen LogP contribution in [0.2, 0.25) is 5.02 Å². The maximum absolute atomic E-state index is 12.3. The van der Waals surface area contributed by atoms with Gasteiger partial charge in [0.2, 0.25) is 10.0 Å². The van der Waals surface area contributed by atoms with Crippen LogP contribution in [0.1, 0.15) is 19.3 Å². The molecule has 3 N–H and O–H groups in total. The van der Waals surface area contributed by atoms with Crippen LogP contribution in [0.5, 0.6) is 0 Å². The number of hydrogen-bond donors (Lipinski definition) is 2. The SMILES string of the molecule is CN1CCC(CCNS(=O)(=O)c2c(N)cccc2Cl)CC1. The first-order valence-electron chi connectivity index (χ1n) is 7.12. The van der Waals surface area contributed by atoms with E-state index in [9.17, 15) is 8.42 Å². The van der Waals surface area contributed by atoms with Gasteiger partial charge in [-0.25, -0.2) is 13.1 Å². The zero-order chi connectivity index (χ0) is 15.5. The number of rotatable bonds is 5. The van der Waals surface area contributed by atoms with E-state index in [1.54, 1.807) is 6.07 Å². The minimum atomic E-state index is -3.65. The van der Waals surface area contributed by atoms with Crippen molar-refractivity contribution in [3.8, 4) is 0 Å². The Labute approximate surface area is 131 Å². The Bertz CT molecular complexity index is 564. The molecule has 2 rings (SSSR count). The number of anilines is 1. The van der Waals surface area contributed by atoms with Gasteiger partial charge in [0.05, 0.1) is 10.7 Å². The molecule has 0 aliphatic carbocycles. The van der Waals surface area contributed by atoms with Gasteiger partial charge in [-0.05, 0) is 57.5 Å². The monoisotopic (exact) mass is 331 g/mol. The molecule has 0 saturated carbocycles. The summed E-state index contributed by atoms with van der Waals surface area (Å²) in [6.45, 7) is 2.57. The molecule has 5 nitrogen and oxygen atoms in total. The van der Waals surface area contributed by atoms with Gasteiger partial charge in [-0.15, -0.1) is 0 Å². The first-order chi connectivity index (χ1) is 9.90. The predicted molar refractivity (Wildman–Crippen MR) is 85.9 cm³/mol. The number of likely N-dealkylation sites (tertiary alicyclic amines) is 1. The summed E-state index contributed by atoms with van der Waals surface area (Å²) in [6.07, 6.45) is 3.08. The van der Waals surface area contributed by atoms with E-state index >= 15 is 0 Å². The second-order valence-corrected chi connectivity index (χ2v) is 7.70. The van der Waals surface area contributed by atoms with Crippen molar-refractivity contribution < 1.29 is 8.42 Å². The fourth-order valence-corrected chi connectivity index (χ4v) is 4.35. The Balaban J connectivity index is 1.93. The molecule has 0 atom stereocenters. The number of piperidine rings is 1. The zero-order valence-corrected chi connectivity index (χ0v) is 13.8. The van der Waals surface area contributed by atoms with Gasteiger partial charge in [0.25, 0.3) is 0 Å². The van der Waals surface area contributed by atoms with Crippen LogP contribution in [0.25, 0.3) is 0 Å². The number of nitrogens with zero attached hydrogens (tertiary/aromatic N) is 1. The lowest BCUT2D eigenvalue weighted by Crippen LogP contribution is -2.33. The number of nitrogens with one attached hydrogen (secondary N) is 1. The molecule has 0 radical (unpaired) electrons. The van der Waals surface area contributed by atoms with Gasteiger partial charge >= 0.3 is 0 Å². The normalized spacial score (nSPS) is 18.0. The highest BCUT2D eigenvalue weighted by Crippen LogP contribution is 2.27. The van der Waals surface area contributed by atoms with Crippen molar-refractivity contribution in [3.63, 3.8) is 0 Å². The molecule has 21 heavy (non-hydrogen) atoms. The second kappa shape index (κ2) is 6.96. The van der Waals surface area contributed by atoms with E-state index in [4.69, 9.17) is 17.3 Å². The summed E-state index contributed by atoms with van der Waals surface area (Å²) < 4.78 is 27.2. The fraction of sp³-hybridized carbons (Fsp3) is 0.571. The second-order valence-electron chi connectivity index (χ2n) is 5.59. The molecule has 0 unspecified atom stereocenters. The highest BCUT2D eigenvalue weighted by molar-refractivity contribution is 7.89. The van der Waals surface area contributed by atoms with Crippen LogP contribution in [-0.4, -0.2) is 40.0 Å². The molecular formula is C14H22ClN3O2S. The maximum Gasteiger partial charge on any atom is 0.244 e. The Hall–Kier alpha value is -0.820. The molecule has 1 aliphatic rings. The number of hydrogen-bond acceptors (Lipinski definition) is 4. The summed E-state index contributed by atoms with van der Waals surface area (Å²) in [5.41, 5.74) is 5.90. The Morgan fingerprint density at radius 2 is 2.05 bits per heavy atom. The number of nitrogens with two attached hydrogens (primary N) is 1.